The summed E-state index contributed by atoms with van der Waals surface area (Å²) < 4.78 is 1.76. The van der Waals surface area contributed by atoms with Gasteiger partial charge in [0.15, 0.2) is 0 Å². The SMILES string of the molecule is Cc1ccc(-n2cccn2)c(C(=O)N2CC3CC(C2)CN(c2cnc4cc(Cl)c(Cl)cc4n2)C3)c1. The summed E-state index contributed by atoms with van der Waals surface area (Å²) in [4.78, 5) is 27.4. The Balaban J connectivity index is 1.23. The van der Waals surface area contributed by atoms with Crippen LogP contribution in [0.4, 0.5) is 5.82 Å². The zero-order valence-corrected chi connectivity index (χ0v) is 20.7. The largest absolute Gasteiger partial charge is 0.355 e. The molecule has 35 heavy (non-hydrogen) atoms. The maximum absolute atomic E-state index is 13.7. The van der Waals surface area contributed by atoms with Gasteiger partial charge in [-0.2, -0.15) is 5.10 Å². The van der Waals surface area contributed by atoms with Gasteiger partial charge in [0, 0.05) is 38.6 Å². The highest BCUT2D eigenvalue weighted by molar-refractivity contribution is 6.42. The molecule has 1 amide bonds. The Morgan fingerprint density at radius 1 is 1.00 bits per heavy atom. The monoisotopic (exact) mass is 506 g/mol. The van der Waals surface area contributed by atoms with Gasteiger partial charge in [0.2, 0.25) is 0 Å². The summed E-state index contributed by atoms with van der Waals surface area (Å²) in [5, 5.41) is 5.30. The zero-order chi connectivity index (χ0) is 24.1. The van der Waals surface area contributed by atoms with E-state index in [4.69, 9.17) is 28.2 Å². The second kappa shape index (κ2) is 8.81. The zero-order valence-electron chi connectivity index (χ0n) is 19.2. The fourth-order valence-electron chi connectivity index (χ4n) is 5.39. The third-order valence-electron chi connectivity index (χ3n) is 6.90. The molecule has 0 radical (unpaired) electrons. The molecule has 0 aliphatic carbocycles. The number of piperidine rings is 2. The Kier molecular flexibility index (Phi) is 5.61. The summed E-state index contributed by atoms with van der Waals surface area (Å²) in [6.45, 7) is 5.13. The molecule has 6 rings (SSSR count). The van der Waals surface area contributed by atoms with Crippen LogP contribution in [0, 0.1) is 18.8 Å². The number of rotatable bonds is 3. The van der Waals surface area contributed by atoms with Crippen molar-refractivity contribution in [3.8, 4) is 5.69 Å². The molecular weight excluding hydrogens is 483 g/mol. The van der Waals surface area contributed by atoms with Crippen molar-refractivity contribution >= 4 is 46.0 Å². The molecule has 2 aromatic carbocycles. The Hall–Kier alpha value is -3.16. The lowest BCUT2D eigenvalue weighted by molar-refractivity contribution is 0.0564. The number of amides is 1. The number of benzene rings is 2. The van der Waals surface area contributed by atoms with Crippen molar-refractivity contribution in [2.75, 3.05) is 31.1 Å². The summed E-state index contributed by atoms with van der Waals surface area (Å²) >= 11 is 12.3. The van der Waals surface area contributed by atoms with Crippen molar-refractivity contribution in [2.24, 2.45) is 11.8 Å². The van der Waals surface area contributed by atoms with Gasteiger partial charge in [0.1, 0.15) is 5.82 Å². The van der Waals surface area contributed by atoms with E-state index in [0.717, 1.165) is 60.7 Å². The van der Waals surface area contributed by atoms with E-state index in [1.165, 1.54) is 0 Å². The number of hydrogen-bond donors (Lipinski definition) is 0. The van der Waals surface area contributed by atoms with E-state index >= 15 is 0 Å². The van der Waals surface area contributed by atoms with Crippen LogP contribution in [0.3, 0.4) is 0 Å². The van der Waals surface area contributed by atoms with Crippen LogP contribution in [0.25, 0.3) is 16.7 Å². The van der Waals surface area contributed by atoms with Crippen molar-refractivity contribution in [1.82, 2.24) is 24.6 Å². The highest BCUT2D eigenvalue weighted by atomic mass is 35.5. The van der Waals surface area contributed by atoms with Crippen molar-refractivity contribution < 1.29 is 4.79 Å². The number of carbonyl (C=O) groups excluding carboxylic acids is 1. The van der Waals surface area contributed by atoms with Gasteiger partial charge in [-0.1, -0.05) is 34.8 Å². The first-order chi connectivity index (χ1) is 16.9. The van der Waals surface area contributed by atoms with Crippen LogP contribution in [0.2, 0.25) is 10.0 Å². The van der Waals surface area contributed by atoms with E-state index in [2.05, 4.69) is 15.0 Å². The molecule has 2 atom stereocenters. The molecule has 9 heteroatoms. The van der Waals surface area contributed by atoms with Gasteiger partial charge >= 0.3 is 0 Å². The van der Waals surface area contributed by atoms with Gasteiger partial charge < -0.3 is 9.80 Å². The second-order valence-electron chi connectivity index (χ2n) is 9.54. The Morgan fingerprint density at radius 2 is 1.74 bits per heavy atom. The minimum absolute atomic E-state index is 0.0689. The third-order valence-corrected chi connectivity index (χ3v) is 7.62. The van der Waals surface area contributed by atoms with E-state index in [1.54, 1.807) is 29.2 Å². The summed E-state index contributed by atoms with van der Waals surface area (Å²) in [7, 11) is 0. The van der Waals surface area contributed by atoms with E-state index in [9.17, 15) is 4.79 Å². The van der Waals surface area contributed by atoms with Crippen molar-refractivity contribution in [1.29, 1.82) is 0 Å². The molecular formula is C26H24Cl2N6O. The summed E-state index contributed by atoms with van der Waals surface area (Å²) in [6.07, 6.45) is 6.52. The lowest BCUT2D eigenvalue weighted by Crippen LogP contribution is -2.54. The van der Waals surface area contributed by atoms with Gasteiger partial charge in [-0.25, -0.2) is 9.67 Å². The molecule has 178 valence electrons. The van der Waals surface area contributed by atoms with Crippen LogP contribution in [-0.4, -0.2) is 56.7 Å². The number of aryl methyl sites for hydroxylation is 1. The minimum Gasteiger partial charge on any atom is -0.355 e. The summed E-state index contributed by atoms with van der Waals surface area (Å²) in [6, 6.07) is 11.3. The van der Waals surface area contributed by atoms with Crippen LogP contribution < -0.4 is 4.90 Å². The Labute approximate surface area is 213 Å². The highest BCUT2D eigenvalue weighted by Gasteiger charge is 2.37. The molecule has 0 N–H and O–H groups in total. The van der Waals surface area contributed by atoms with E-state index < -0.39 is 0 Å². The average molecular weight is 507 g/mol. The van der Waals surface area contributed by atoms with Crippen LogP contribution in [0.15, 0.2) is 55.0 Å². The molecule has 0 saturated carbocycles. The predicted molar refractivity (Wildman–Crippen MR) is 138 cm³/mol. The smallest absolute Gasteiger partial charge is 0.256 e. The lowest BCUT2D eigenvalue weighted by atomic mass is 9.84. The number of hydrogen-bond acceptors (Lipinski definition) is 5. The third kappa shape index (κ3) is 4.23. The van der Waals surface area contributed by atoms with Crippen molar-refractivity contribution in [3.63, 3.8) is 0 Å². The summed E-state index contributed by atoms with van der Waals surface area (Å²) in [5.41, 5.74) is 4.02. The molecule has 0 spiro atoms. The van der Waals surface area contributed by atoms with E-state index in [-0.39, 0.29) is 5.91 Å². The van der Waals surface area contributed by atoms with Crippen LogP contribution in [0.1, 0.15) is 22.3 Å². The fraction of sp³-hybridized carbons (Fsp3) is 0.308. The quantitative estimate of drug-likeness (QED) is 0.389. The molecule has 2 aliphatic heterocycles. The standard InChI is InChI=1S/C26H24Cl2N6O/c1-16-3-4-24(34-6-2-5-30-34)19(7-16)26(35)33-14-17-8-18(15-33)13-32(12-17)25-11-29-22-9-20(27)21(28)10-23(22)31-25/h2-7,9-11,17-18H,8,12-15H2,1H3. The van der Waals surface area contributed by atoms with Gasteiger partial charge in [-0.05, 0) is 55.5 Å². The number of fused-ring (bicyclic) bond motifs is 3. The first kappa shape index (κ1) is 22.3. The summed E-state index contributed by atoms with van der Waals surface area (Å²) in [5.74, 6) is 1.65. The van der Waals surface area contributed by atoms with Crippen LogP contribution in [-0.2, 0) is 0 Å². The number of halogens is 2. The van der Waals surface area contributed by atoms with Gasteiger partial charge in [0.25, 0.3) is 5.91 Å². The topological polar surface area (TPSA) is 67.2 Å². The Morgan fingerprint density at radius 3 is 2.46 bits per heavy atom. The second-order valence-corrected chi connectivity index (χ2v) is 10.4. The molecule has 2 aliphatic rings. The van der Waals surface area contributed by atoms with Gasteiger partial charge in [-0.3, -0.25) is 9.78 Å². The normalized spacial score (nSPS) is 19.9. The predicted octanol–water partition coefficient (Wildman–Crippen LogP) is 5.03. The first-order valence-corrected chi connectivity index (χ1v) is 12.5. The number of likely N-dealkylation sites (tertiary alicyclic amines) is 1. The number of anilines is 1. The van der Waals surface area contributed by atoms with Crippen molar-refractivity contribution in [2.45, 2.75) is 13.3 Å². The average Bonchev–Trinajstić information content (AvgIpc) is 3.38. The first-order valence-electron chi connectivity index (χ1n) is 11.7. The van der Waals surface area contributed by atoms with Gasteiger partial charge in [-0.15, -0.1) is 0 Å². The molecule has 2 unspecified atom stereocenters. The maximum Gasteiger partial charge on any atom is 0.256 e. The maximum atomic E-state index is 13.7. The lowest BCUT2D eigenvalue weighted by Gasteiger charge is -2.46. The number of carbonyl (C=O) groups is 1. The molecule has 2 aromatic heterocycles. The molecule has 7 nitrogen and oxygen atoms in total. The van der Waals surface area contributed by atoms with Gasteiger partial charge in [0.05, 0.1) is 38.5 Å². The molecule has 4 aromatic rings. The highest BCUT2D eigenvalue weighted by Crippen LogP contribution is 2.33. The Bertz CT molecular complexity index is 1410. The van der Waals surface area contributed by atoms with E-state index in [1.807, 2.05) is 42.3 Å². The van der Waals surface area contributed by atoms with Crippen LogP contribution in [0.5, 0.6) is 0 Å². The van der Waals surface area contributed by atoms with E-state index in [0.29, 0.717) is 27.4 Å². The molecule has 2 bridgehead atoms. The van der Waals surface area contributed by atoms with Crippen molar-refractivity contribution in [3.05, 3.63) is 76.2 Å². The minimum atomic E-state index is 0.0689. The number of nitrogens with zero attached hydrogens (tertiary/aromatic N) is 6. The molecule has 2 saturated heterocycles. The fourth-order valence-corrected chi connectivity index (χ4v) is 5.70. The van der Waals surface area contributed by atoms with Crippen LogP contribution >= 0.6 is 23.2 Å². The number of aromatic nitrogens is 4. The molecule has 2 fully saturated rings. The molecule has 4 heterocycles.